The molecule has 2 unspecified atom stereocenters. The van der Waals surface area contributed by atoms with Gasteiger partial charge in [0.2, 0.25) is 6.29 Å². The SMILES string of the molecule is C=CC(=O)O.C=CC(=O)OC(O)C(O)CO. The van der Waals surface area contributed by atoms with E-state index in [1.165, 1.54) is 0 Å². The number of aliphatic hydroxyl groups is 3. The van der Waals surface area contributed by atoms with Crippen molar-refractivity contribution in [3.05, 3.63) is 25.3 Å². The van der Waals surface area contributed by atoms with E-state index in [4.69, 9.17) is 20.4 Å². The lowest BCUT2D eigenvalue weighted by Crippen LogP contribution is -2.33. The molecule has 2 atom stereocenters. The zero-order valence-electron chi connectivity index (χ0n) is 8.44. The molecular weight excluding hydrogens is 220 g/mol. The maximum Gasteiger partial charge on any atom is 0.332 e. The summed E-state index contributed by atoms with van der Waals surface area (Å²) in [4.78, 5) is 19.6. The Morgan fingerprint density at radius 2 is 1.69 bits per heavy atom. The topological polar surface area (TPSA) is 124 Å². The fourth-order valence-electron chi connectivity index (χ4n) is 0.336. The smallest absolute Gasteiger partial charge is 0.332 e. The number of carboxylic acid groups (broad SMARTS) is 1. The molecule has 0 aromatic carbocycles. The van der Waals surface area contributed by atoms with Crippen LogP contribution in [0.1, 0.15) is 0 Å². The Bertz CT molecular complexity index is 248. The molecule has 0 saturated heterocycles. The molecule has 16 heavy (non-hydrogen) atoms. The van der Waals surface area contributed by atoms with Gasteiger partial charge in [-0.05, 0) is 0 Å². The highest BCUT2D eigenvalue weighted by Crippen LogP contribution is 1.95. The lowest BCUT2D eigenvalue weighted by molar-refractivity contribution is -0.185. The van der Waals surface area contributed by atoms with Crippen molar-refractivity contribution in [3.63, 3.8) is 0 Å². The van der Waals surface area contributed by atoms with Crippen molar-refractivity contribution in [2.24, 2.45) is 0 Å². The normalized spacial score (nSPS) is 12.4. The molecule has 7 nitrogen and oxygen atoms in total. The first-order valence-corrected chi connectivity index (χ1v) is 4.04. The van der Waals surface area contributed by atoms with Crippen LogP contribution >= 0.6 is 0 Å². The Morgan fingerprint density at radius 1 is 1.25 bits per heavy atom. The second-order valence-electron chi connectivity index (χ2n) is 2.32. The van der Waals surface area contributed by atoms with Crippen LogP contribution in [-0.2, 0) is 14.3 Å². The summed E-state index contributed by atoms with van der Waals surface area (Å²) in [7, 11) is 0. The highest BCUT2D eigenvalue weighted by Gasteiger charge is 2.17. The molecule has 0 bridgehead atoms. The van der Waals surface area contributed by atoms with Crippen LogP contribution in [-0.4, -0.2) is 51.4 Å². The molecule has 0 rings (SSSR count). The summed E-state index contributed by atoms with van der Waals surface area (Å²) in [6, 6.07) is 0. The minimum atomic E-state index is -1.70. The molecule has 0 aliphatic carbocycles. The van der Waals surface area contributed by atoms with E-state index in [1.807, 2.05) is 0 Å². The summed E-state index contributed by atoms with van der Waals surface area (Å²) in [5.41, 5.74) is 0. The van der Waals surface area contributed by atoms with E-state index in [-0.39, 0.29) is 0 Å². The number of aliphatic hydroxyl groups excluding tert-OH is 3. The minimum absolute atomic E-state index is 0.675. The summed E-state index contributed by atoms with van der Waals surface area (Å²) in [5.74, 6) is -1.84. The molecule has 0 aliphatic rings. The Hall–Kier alpha value is -1.70. The van der Waals surface area contributed by atoms with Crippen LogP contribution in [0.25, 0.3) is 0 Å². The van der Waals surface area contributed by atoms with Crippen molar-refractivity contribution in [1.82, 2.24) is 0 Å². The number of carbonyl (C=O) groups excluding carboxylic acids is 1. The molecular formula is C9H14O7. The van der Waals surface area contributed by atoms with Crippen molar-refractivity contribution in [2.45, 2.75) is 12.4 Å². The molecule has 4 N–H and O–H groups in total. The first-order chi connectivity index (χ1) is 7.38. The van der Waals surface area contributed by atoms with E-state index in [2.05, 4.69) is 17.9 Å². The minimum Gasteiger partial charge on any atom is -0.478 e. The monoisotopic (exact) mass is 234 g/mol. The predicted molar refractivity (Wildman–Crippen MR) is 53.2 cm³/mol. The van der Waals surface area contributed by atoms with Crippen LogP contribution in [0.2, 0.25) is 0 Å². The van der Waals surface area contributed by atoms with Gasteiger partial charge >= 0.3 is 11.9 Å². The summed E-state index contributed by atoms with van der Waals surface area (Å²) < 4.78 is 4.14. The van der Waals surface area contributed by atoms with Crippen LogP contribution in [0.15, 0.2) is 25.3 Å². The van der Waals surface area contributed by atoms with Gasteiger partial charge in [-0.25, -0.2) is 9.59 Å². The van der Waals surface area contributed by atoms with Gasteiger partial charge in [-0.15, -0.1) is 0 Å². The lowest BCUT2D eigenvalue weighted by atomic mass is 10.4. The molecule has 0 radical (unpaired) electrons. The van der Waals surface area contributed by atoms with Gasteiger partial charge in [-0.1, -0.05) is 13.2 Å². The van der Waals surface area contributed by atoms with Gasteiger partial charge in [0.15, 0.2) is 0 Å². The lowest BCUT2D eigenvalue weighted by Gasteiger charge is -2.14. The standard InChI is InChI=1S/C6H10O5.C3H4O2/c1-2-5(9)11-6(10)4(8)3-7;1-2-3(4)5/h2,4,6-8,10H,1,3H2;2H,1H2,(H,4,5). The second-order valence-corrected chi connectivity index (χ2v) is 2.32. The van der Waals surface area contributed by atoms with Gasteiger partial charge in [0.25, 0.3) is 0 Å². The summed E-state index contributed by atoms with van der Waals surface area (Å²) in [6.07, 6.45) is -1.50. The molecule has 0 aliphatic heterocycles. The fraction of sp³-hybridized carbons (Fsp3) is 0.333. The molecule has 7 heteroatoms. The second kappa shape index (κ2) is 9.84. The van der Waals surface area contributed by atoms with Crippen LogP contribution in [0.5, 0.6) is 0 Å². The third-order valence-corrected chi connectivity index (χ3v) is 1.09. The fourth-order valence-corrected chi connectivity index (χ4v) is 0.336. The molecule has 0 heterocycles. The third kappa shape index (κ3) is 10.4. The average Bonchev–Trinajstić information content (AvgIpc) is 2.28. The van der Waals surface area contributed by atoms with Crippen molar-refractivity contribution in [3.8, 4) is 0 Å². The van der Waals surface area contributed by atoms with Gasteiger partial charge < -0.3 is 25.2 Å². The number of aliphatic carboxylic acids is 1. The maximum atomic E-state index is 10.3. The number of hydrogen-bond donors (Lipinski definition) is 4. The van der Waals surface area contributed by atoms with Crippen molar-refractivity contribution < 1.29 is 34.8 Å². The van der Waals surface area contributed by atoms with E-state index >= 15 is 0 Å². The quantitative estimate of drug-likeness (QED) is 0.263. The van der Waals surface area contributed by atoms with Crippen molar-refractivity contribution in [2.75, 3.05) is 6.61 Å². The molecule has 0 fully saturated rings. The highest BCUT2D eigenvalue weighted by molar-refractivity contribution is 5.81. The van der Waals surface area contributed by atoms with Gasteiger partial charge in [0, 0.05) is 12.2 Å². The zero-order chi connectivity index (χ0) is 13.1. The Labute approximate surface area is 91.9 Å². The number of carbonyl (C=O) groups is 2. The maximum absolute atomic E-state index is 10.3. The van der Waals surface area contributed by atoms with Gasteiger partial charge in [-0.2, -0.15) is 0 Å². The molecule has 0 aromatic heterocycles. The molecule has 0 saturated carbocycles. The largest absolute Gasteiger partial charge is 0.478 e. The zero-order valence-corrected chi connectivity index (χ0v) is 8.44. The summed E-state index contributed by atoms with van der Waals surface area (Å²) >= 11 is 0. The molecule has 92 valence electrons. The third-order valence-electron chi connectivity index (χ3n) is 1.09. The van der Waals surface area contributed by atoms with E-state index < -0.39 is 30.9 Å². The van der Waals surface area contributed by atoms with Crippen molar-refractivity contribution >= 4 is 11.9 Å². The van der Waals surface area contributed by atoms with Crippen LogP contribution < -0.4 is 0 Å². The van der Waals surface area contributed by atoms with E-state index in [0.29, 0.717) is 0 Å². The number of esters is 1. The first kappa shape index (κ1) is 16.7. The Balaban J connectivity index is 0. The van der Waals surface area contributed by atoms with Crippen LogP contribution in [0.3, 0.4) is 0 Å². The van der Waals surface area contributed by atoms with E-state index in [0.717, 1.165) is 12.2 Å². The van der Waals surface area contributed by atoms with Gasteiger partial charge in [-0.3, -0.25) is 0 Å². The van der Waals surface area contributed by atoms with E-state index in [1.54, 1.807) is 0 Å². The summed E-state index contributed by atoms with van der Waals surface area (Å²) in [6.45, 7) is 5.35. The number of hydrogen-bond acceptors (Lipinski definition) is 6. The number of rotatable bonds is 5. The number of ether oxygens (including phenoxy) is 1. The number of carboxylic acids is 1. The van der Waals surface area contributed by atoms with Crippen LogP contribution in [0, 0.1) is 0 Å². The van der Waals surface area contributed by atoms with Crippen molar-refractivity contribution in [1.29, 1.82) is 0 Å². The Kier molecular flexibility index (Phi) is 10.3. The Morgan fingerprint density at radius 3 is 1.94 bits per heavy atom. The van der Waals surface area contributed by atoms with Crippen LogP contribution in [0.4, 0.5) is 0 Å². The average molecular weight is 234 g/mol. The van der Waals surface area contributed by atoms with E-state index in [9.17, 15) is 9.59 Å². The highest BCUT2D eigenvalue weighted by atomic mass is 16.6. The summed E-state index contributed by atoms with van der Waals surface area (Å²) in [5, 5.41) is 33.2. The predicted octanol–water partition coefficient (Wildman–Crippen LogP) is -1.36. The molecule has 0 amide bonds. The van der Waals surface area contributed by atoms with Gasteiger partial charge in [0.1, 0.15) is 6.10 Å². The first-order valence-electron chi connectivity index (χ1n) is 4.04. The van der Waals surface area contributed by atoms with Gasteiger partial charge in [0.05, 0.1) is 6.61 Å². The molecule has 0 spiro atoms. The molecule has 0 aromatic rings.